The molecule has 1 amide bonds. The van der Waals surface area contributed by atoms with Crippen LogP contribution < -0.4 is 10.2 Å². The van der Waals surface area contributed by atoms with Gasteiger partial charge in [-0.15, -0.1) is 10.2 Å². The summed E-state index contributed by atoms with van der Waals surface area (Å²) in [4.78, 5) is 16.5. The van der Waals surface area contributed by atoms with E-state index in [-0.39, 0.29) is 5.91 Å². The summed E-state index contributed by atoms with van der Waals surface area (Å²) in [5, 5.41) is 12.1. The van der Waals surface area contributed by atoms with Crippen LogP contribution in [-0.2, 0) is 4.79 Å². The fourth-order valence-corrected chi connectivity index (χ4v) is 3.24. The molecular weight excluding hydrogens is 350 g/mol. The number of piperazine rings is 1. The Bertz CT molecular complexity index is 752. The zero-order valence-corrected chi connectivity index (χ0v) is 17.2. The van der Waals surface area contributed by atoms with Gasteiger partial charge in [-0.2, -0.15) is 0 Å². The van der Waals surface area contributed by atoms with E-state index in [9.17, 15) is 4.79 Å². The number of hydrogen-bond donors (Lipinski definition) is 1. The number of amides is 1. The van der Waals surface area contributed by atoms with Gasteiger partial charge >= 0.3 is 0 Å². The summed E-state index contributed by atoms with van der Waals surface area (Å²) in [5.41, 5.74) is 3.19. The van der Waals surface area contributed by atoms with Gasteiger partial charge in [-0.25, -0.2) is 0 Å². The molecule has 1 unspecified atom stereocenters. The number of aryl methyl sites for hydroxylation is 1. The van der Waals surface area contributed by atoms with Crippen molar-refractivity contribution >= 4 is 11.7 Å². The molecule has 1 fully saturated rings. The highest BCUT2D eigenvalue weighted by Gasteiger charge is 2.22. The zero-order valence-electron chi connectivity index (χ0n) is 17.2. The third-order valence-electron chi connectivity index (χ3n) is 5.42. The average molecular weight is 382 g/mol. The van der Waals surface area contributed by atoms with E-state index >= 15 is 0 Å². The van der Waals surface area contributed by atoms with Gasteiger partial charge in [0.25, 0.3) is 0 Å². The highest BCUT2D eigenvalue weighted by molar-refractivity contribution is 5.78. The van der Waals surface area contributed by atoms with Gasteiger partial charge in [-0.1, -0.05) is 50.1 Å². The standard InChI is InChI=1S/C22H31N5O/c1-4-17(2)15-23-16-22(28)27-13-11-26(12-14-27)21-10-9-20(24-25-21)19-7-5-18(3)6-8-19/h5-10,17,23H,4,11-16H2,1-3H3. The molecule has 28 heavy (non-hydrogen) atoms. The largest absolute Gasteiger partial charge is 0.352 e. The lowest BCUT2D eigenvalue weighted by Crippen LogP contribution is -2.51. The Kier molecular flexibility index (Phi) is 6.98. The molecule has 0 spiro atoms. The Morgan fingerprint density at radius 2 is 1.79 bits per heavy atom. The molecule has 2 heterocycles. The normalized spacial score (nSPS) is 15.5. The van der Waals surface area contributed by atoms with Gasteiger partial charge in [0.1, 0.15) is 0 Å². The molecule has 1 N–H and O–H groups in total. The Morgan fingerprint density at radius 3 is 2.39 bits per heavy atom. The van der Waals surface area contributed by atoms with Crippen molar-refractivity contribution in [2.24, 2.45) is 5.92 Å². The SMILES string of the molecule is CCC(C)CNCC(=O)N1CCN(c2ccc(-c3ccc(C)cc3)nn2)CC1. The van der Waals surface area contributed by atoms with Gasteiger partial charge in [-0.3, -0.25) is 4.79 Å². The molecule has 3 rings (SSSR count). The van der Waals surface area contributed by atoms with Gasteiger partial charge in [0.15, 0.2) is 5.82 Å². The first kappa shape index (κ1) is 20.3. The number of carbonyl (C=O) groups excluding carboxylic acids is 1. The van der Waals surface area contributed by atoms with Crippen molar-refractivity contribution in [2.45, 2.75) is 27.2 Å². The van der Waals surface area contributed by atoms with E-state index in [0.717, 1.165) is 56.2 Å². The highest BCUT2D eigenvalue weighted by atomic mass is 16.2. The first-order valence-electron chi connectivity index (χ1n) is 10.2. The third kappa shape index (κ3) is 5.29. The molecule has 0 radical (unpaired) electrons. The topological polar surface area (TPSA) is 61.4 Å². The fraction of sp³-hybridized carbons (Fsp3) is 0.500. The first-order valence-corrected chi connectivity index (χ1v) is 10.2. The maximum absolute atomic E-state index is 12.4. The number of nitrogens with zero attached hydrogens (tertiary/aromatic N) is 4. The van der Waals surface area contributed by atoms with Gasteiger partial charge in [0.05, 0.1) is 12.2 Å². The Balaban J connectivity index is 1.49. The second-order valence-electron chi connectivity index (χ2n) is 7.65. The molecule has 6 heteroatoms. The molecule has 0 aliphatic carbocycles. The molecule has 0 bridgehead atoms. The van der Waals surface area contributed by atoms with Gasteiger partial charge in [0, 0.05) is 31.7 Å². The molecule has 1 aromatic heterocycles. The van der Waals surface area contributed by atoms with Crippen LogP contribution in [0.1, 0.15) is 25.8 Å². The number of anilines is 1. The second-order valence-corrected chi connectivity index (χ2v) is 7.65. The van der Waals surface area contributed by atoms with E-state index in [2.05, 4.69) is 65.5 Å². The summed E-state index contributed by atoms with van der Waals surface area (Å²) in [6, 6.07) is 12.3. The predicted octanol–water partition coefficient (Wildman–Crippen LogP) is 2.74. The van der Waals surface area contributed by atoms with Crippen molar-refractivity contribution in [1.29, 1.82) is 0 Å². The molecule has 1 aromatic carbocycles. The van der Waals surface area contributed by atoms with Crippen molar-refractivity contribution in [3.63, 3.8) is 0 Å². The number of aromatic nitrogens is 2. The monoisotopic (exact) mass is 381 g/mol. The van der Waals surface area contributed by atoms with Crippen molar-refractivity contribution in [3.8, 4) is 11.3 Å². The lowest BCUT2D eigenvalue weighted by molar-refractivity contribution is -0.130. The summed E-state index contributed by atoms with van der Waals surface area (Å²) >= 11 is 0. The van der Waals surface area contributed by atoms with Crippen LogP contribution in [0, 0.1) is 12.8 Å². The summed E-state index contributed by atoms with van der Waals surface area (Å²) in [6.45, 7) is 10.8. The summed E-state index contributed by atoms with van der Waals surface area (Å²) < 4.78 is 0. The van der Waals surface area contributed by atoms with E-state index in [1.54, 1.807) is 0 Å². The summed E-state index contributed by atoms with van der Waals surface area (Å²) in [6.07, 6.45) is 1.13. The molecule has 150 valence electrons. The Morgan fingerprint density at radius 1 is 1.07 bits per heavy atom. The van der Waals surface area contributed by atoms with Crippen LogP contribution in [0.25, 0.3) is 11.3 Å². The zero-order chi connectivity index (χ0) is 19.9. The summed E-state index contributed by atoms with van der Waals surface area (Å²) in [5.74, 6) is 1.66. The van der Waals surface area contributed by atoms with Crippen LogP contribution in [0.5, 0.6) is 0 Å². The quantitative estimate of drug-likeness (QED) is 0.799. The first-order chi connectivity index (χ1) is 13.6. The van der Waals surface area contributed by atoms with Crippen LogP contribution in [0.4, 0.5) is 5.82 Å². The van der Waals surface area contributed by atoms with E-state index in [1.165, 1.54) is 5.56 Å². The van der Waals surface area contributed by atoms with Crippen LogP contribution in [0.2, 0.25) is 0 Å². The van der Waals surface area contributed by atoms with E-state index in [0.29, 0.717) is 12.5 Å². The van der Waals surface area contributed by atoms with Crippen LogP contribution in [0.3, 0.4) is 0 Å². The highest BCUT2D eigenvalue weighted by Crippen LogP contribution is 2.19. The number of benzene rings is 1. The molecule has 1 aliphatic rings. The van der Waals surface area contributed by atoms with Crippen molar-refractivity contribution in [2.75, 3.05) is 44.2 Å². The van der Waals surface area contributed by atoms with Crippen molar-refractivity contribution in [3.05, 3.63) is 42.0 Å². The average Bonchev–Trinajstić information content (AvgIpc) is 2.74. The van der Waals surface area contributed by atoms with E-state index in [4.69, 9.17) is 0 Å². The Hall–Kier alpha value is -2.47. The number of hydrogen-bond acceptors (Lipinski definition) is 5. The number of rotatable bonds is 7. The number of nitrogens with one attached hydrogen (secondary N) is 1. The molecular formula is C22H31N5O. The van der Waals surface area contributed by atoms with Crippen molar-refractivity contribution < 1.29 is 4.79 Å². The molecule has 1 atom stereocenters. The minimum absolute atomic E-state index is 0.184. The maximum atomic E-state index is 12.4. The minimum atomic E-state index is 0.184. The molecule has 6 nitrogen and oxygen atoms in total. The van der Waals surface area contributed by atoms with Crippen LogP contribution in [-0.4, -0.2) is 60.3 Å². The smallest absolute Gasteiger partial charge is 0.236 e. The van der Waals surface area contributed by atoms with E-state index < -0.39 is 0 Å². The second kappa shape index (κ2) is 9.64. The lowest BCUT2D eigenvalue weighted by atomic mass is 10.1. The summed E-state index contributed by atoms with van der Waals surface area (Å²) in [7, 11) is 0. The predicted molar refractivity (Wildman–Crippen MR) is 113 cm³/mol. The van der Waals surface area contributed by atoms with Gasteiger partial charge in [-0.05, 0) is 31.5 Å². The van der Waals surface area contributed by atoms with Gasteiger partial charge < -0.3 is 15.1 Å². The third-order valence-corrected chi connectivity index (χ3v) is 5.42. The molecule has 1 saturated heterocycles. The number of carbonyl (C=O) groups is 1. The maximum Gasteiger partial charge on any atom is 0.236 e. The minimum Gasteiger partial charge on any atom is -0.352 e. The fourth-order valence-electron chi connectivity index (χ4n) is 3.24. The van der Waals surface area contributed by atoms with Gasteiger partial charge in [0.2, 0.25) is 5.91 Å². The van der Waals surface area contributed by atoms with Crippen LogP contribution in [0.15, 0.2) is 36.4 Å². The van der Waals surface area contributed by atoms with Crippen molar-refractivity contribution in [1.82, 2.24) is 20.4 Å². The molecule has 2 aromatic rings. The Labute approximate surface area is 168 Å². The van der Waals surface area contributed by atoms with Crippen LogP contribution >= 0.6 is 0 Å². The lowest BCUT2D eigenvalue weighted by Gasteiger charge is -2.35. The molecule has 0 saturated carbocycles. The van der Waals surface area contributed by atoms with E-state index in [1.807, 2.05) is 17.0 Å². The molecule has 1 aliphatic heterocycles.